The summed E-state index contributed by atoms with van der Waals surface area (Å²) < 4.78 is 0. The van der Waals surface area contributed by atoms with Crippen LogP contribution in [0.5, 0.6) is 0 Å². The minimum absolute atomic E-state index is 0.0175. The highest BCUT2D eigenvalue weighted by Crippen LogP contribution is 2.35. The lowest BCUT2D eigenvalue weighted by molar-refractivity contribution is -0.139. The second-order valence-corrected chi connectivity index (χ2v) is 6.01. The number of carboxylic acid groups (broad SMARTS) is 1. The summed E-state index contributed by atoms with van der Waals surface area (Å²) in [6.07, 6.45) is 6.24. The van der Waals surface area contributed by atoms with Gasteiger partial charge in [-0.3, -0.25) is 4.79 Å². The number of amides is 2. The van der Waals surface area contributed by atoms with E-state index in [2.05, 4.69) is 5.32 Å². The number of hydrogen-bond donors (Lipinski definition) is 3. The van der Waals surface area contributed by atoms with Crippen LogP contribution in [0, 0.1) is 0 Å². The normalized spacial score (nSPS) is 25.4. The van der Waals surface area contributed by atoms with Gasteiger partial charge in [0.2, 0.25) is 0 Å². The molecule has 0 aromatic heterocycles. The van der Waals surface area contributed by atoms with E-state index in [4.69, 9.17) is 5.11 Å². The number of aliphatic hydroxyl groups is 1. The van der Waals surface area contributed by atoms with Gasteiger partial charge in [-0.05, 0) is 32.1 Å². The van der Waals surface area contributed by atoms with Crippen LogP contribution < -0.4 is 5.32 Å². The number of carboxylic acids is 1. The number of hydrogen-bond acceptors (Lipinski definition) is 3. The van der Waals surface area contributed by atoms with Crippen LogP contribution >= 0.6 is 0 Å². The number of urea groups is 1. The standard InChI is InChI=1S/C14H24N2O4/c17-10-11-5-2-1-3-8-16(11)13(20)15-14(6-4-7-14)9-12(18)19/h11,17H,1-10H2,(H,15,20)(H,18,19). The average molecular weight is 284 g/mol. The van der Waals surface area contributed by atoms with Crippen LogP contribution in [0.15, 0.2) is 0 Å². The van der Waals surface area contributed by atoms with Crippen molar-refractivity contribution >= 4 is 12.0 Å². The van der Waals surface area contributed by atoms with Crippen molar-refractivity contribution in [2.45, 2.75) is 62.9 Å². The third-order valence-electron chi connectivity index (χ3n) is 4.52. The Bertz CT molecular complexity index is 368. The van der Waals surface area contributed by atoms with Crippen molar-refractivity contribution in [2.24, 2.45) is 0 Å². The molecule has 1 saturated heterocycles. The van der Waals surface area contributed by atoms with Crippen molar-refractivity contribution in [2.75, 3.05) is 13.2 Å². The molecule has 1 aliphatic carbocycles. The first-order valence-electron chi connectivity index (χ1n) is 7.48. The Kier molecular flexibility index (Phi) is 4.86. The van der Waals surface area contributed by atoms with Crippen LogP contribution in [0.4, 0.5) is 4.79 Å². The van der Waals surface area contributed by atoms with Gasteiger partial charge < -0.3 is 20.4 Å². The van der Waals surface area contributed by atoms with E-state index in [-0.39, 0.29) is 25.1 Å². The molecule has 1 aliphatic heterocycles. The summed E-state index contributed by atoms with van der Waals surface area (Å²) in [4.78, 5) is 25.0. The van der Waals surface area contributed by atoms with E-state index < -0.39 is 11.5 Å². The second-order valence-electron chi connectivity index (χ2n) is 6.01. The topological polar surface area (TPSA) is 89.9 Å². The van der Waals surface area contributed by atoms with Crippen molar-refractivity contribution in [3.63, 3.8) is 0 Å². The molecule has 6 heteroatoms. The van der Waals surface area contributed by atoms with Crippen LogP contribution in [-0.2, 0) is 4.79 Å². The predicted molar refractivity (Wildman–Crippen MR) is 73.4 cm³/mol. The zero-order valence-electron chi connectivity index (χ0n) is 11.8. The summed E-state index contributed by atoms with van der Waals surface area (Å²) in [5, 5.41) is 21.3. The van der Waals surface area contributed by atoms with Crippen molar-refractivity contribution in [3.05, 3.63) is 0 Å². The molecule has 114 valence electrons. The third-order valence-corrected chi connectivity index (χ3v) is 4.52. The maximum absolute atomic E-state index is 12.4. The zero-order chi connectivity index (χ0) is 14.6. The van der Waals surface area contributed by atoms with E-state index in [1.807, 2.05) is 0 Å². The highest BCUT2D eigenvalue weighted by molar-refractivity contribution is 5.77. The fourth-order valence-corrected chi connectivity index (χ4v) is 3.17. The van der Waals surface area contributed by atoms with Gasteiger partial charge in [0.15, 0.2) is 0 Å². The monoisotopic (exact) mass is 284 g/mol. The summed E-state index contributed by atoms with van der Waals surface area (Å²) >= 11 is 0. The minimum atomic E-state index is -0.875. The molecule has 2 amide bonds. The molecule has 0 radical (unpaired) electrons. The van der Waals surface area contributed by atoms with Crippen LogP contribution in [0.3, 0.4) is 0 Å². The van der Waals surface area contributed by atoms with Gasteiger partial charge in [-0.25, -0.2) is 4.79 Å². The van der Waals surface area contributed by atoms with E-state index in [9.17, 15) is 14.7 Å². The number of carbonyl (C=O) groups is 2. The van der Waals surface area contributed by atoms with E-state index in [0.717, 1.165) is 44.9 Å². The second kappa shape index (κ2) is 6.43. The van der Waals surface area contributed by atoms with Gasteiger partial charge in [0.05, 0.1) is 24.6 Å². The lowest BCUT2D eigenvalue weighted by atomic mass is 9.74. The van der Waals surface area contributed by atoms with Gasteiger partial charge in [-0.2, -0.15) is 0 Å². The Morgan fingerprint density at radius 3 is 2.50 bits per heavy atom. The number of nitrogens with one attached hydrogen (secondary N) is 1. The Morgan fingerprint density at radius 1 is 1.20 bits per heavy atom. The number of carbonyl (C=O) groups excluding carboxylic acids is 1. The summed E-state index contributed by atoms with van der Waals surface area (Å²) in [7, 11) is 0. The largest absolute Gasteiger partial charge is 0.481 e. The Balaban J connectivity index is 1.99. The van der Waals surface area contributed by atoms with Crippen molar-refractivity contribution in [3.8, 4) is 0 Å². The molecule has 0 aromatic carbocycles. The number of aliphatic hydroxyl groups excluding tert-OH is 1. The first-order valence-corrected chi connectivity index (χ1v) is 7.48. The van der Waals surface area contributed by atoms with E-state index in [0.29, 0.717) is 6.54 Å². The van der Waals surface area contributed by atoms with E-state index in [1.54, 1.807) is 4.90 Å². The molecule has 2 aliphatic rings. The Labute approximate surface area is 119 Å². The number of likely N-dealkylation sites (tertiary alicyclic amines) is 1. The molecule has 2 fully saturated rings. The van der Waals surface area contributed by atoms with Gasteiger partial charge in [0, 0.05) is 6.54 Å². The summed E-state index contributed by atoms with van der Waals surface area (Å²) in [6.45, 7) is 0.611. The Hall–Kier alpha value is -1.30. The quantitative estimate of drug-likeness (QED) is 0.726. The molecule has 1 atom stereocenters. The molecule has 3 N–H and O–H groups in total. The fraction of sp³-hybridized carbons (Fsp3) is 0.857. The SMILES string of the molecule is O=C(O)CC1(NC(=O)N2CCCCCC2CO)CCC1. The van der Waals surface area contributed by atoms with Gasteiger partial charge in [0.1, 0.15) is 0 Å². The lowest BCUT2D eigenvalue weighted by Gasteiger charge is -2.43. The molecular formula is C14H24N2O4. The first-order chi connectivity index (χ1) is 9.56. The molecule has 6 nitrogen and oxygen atoms in total. The molecule has 20 heavy (non-hydrogen) atoms. The highest BCUT2D eigenvalue weighted by Gasteiger charge is 2.41. The van der Waals surface area contributed by atoms with Crippen LogP contribution in [-0.4, -0.2) is 51.8 Å². The van der Waals surface area contributed by atoms with E-state index in [1.165, 1.54) is 0 Å². The smallest absolute Gasteiger partial charge is 0.318 e. The molecule has 0 aromatic rings. The molecule has 1 heterocycles. The molecule has 0 spiro atoms. The molecule has 2 rings (SSSR count). The van der Waals surface area contributed by atoms with Gasteiger partial charge in [-0.1, -0.05) is 12.8 Å². The van der Waals surface area contributed by atoms with Crippen molar-refractivity contribution in [1.29, 1.82) is 0 Å². The van der Waals surface area contributed by atoms with Crippen LogP contribution in [0.25, 0.3) is 0 Å². The molecular weight excluding hydrogens is 260 g/mol. The van der Waals surface area contributed by atoms with Gasteiger partial charge >= 0.3 is 12.0 Å². The summed E-state index contributed by atoms with van der Waals surface area (Å²) in [5.74, 6) is -0.875. The third kappa shape index (κ3) is 3.42. The minimum Gasteiger partial charge on any atom is -0.481 e. The average Bonchev–Trinajstić information content (AvgIpc) is 2.60. The summed E-state index contributed by atoms with van der Waals surface area (Å²) in [6, 6.07) is -0.355. The van der Waals surface area contributed by atoms with E-state index >= 15 is 0 Å². The molecule has 0 bridgehead atoms. The van der Waals surface area contributed by atoms with Crippen LogP contribution in [0.1, 0.15) is 51.4 Å². The predicted octanol–water partition coefficient (Wildman–Crippen LogP) is 1.33. The Morgan fingerprint density at radius 2 is 1.95 bits per heavy atom. The maximum atomic E-state index is 12.4. The van der Waals surface area contributed by atoms with Gasteiger partial charge in [0.25, 0.3) is 0 Å². The van der Waals surface area contributed by atoms with Crippen molar-refractivity contribution < 1.29 is 19.8 Å². The number of aliphatic carboxylic acids is 1. The fourth-order valence-electron chi connectivity index (χ4n) is 3.17. The number of nitrogens with zero attached hydrogens (tertiary/aromatic N) is 1. The highest BCUT2D eigenvalue weighted by atomic mass is 16.4. The first kappa shape index (κ1) is 15.1. The summed E-state index contributed by atoms with van der Waals surface area (Å²) in [5.41, 5.74) is -0.574. The maximum Gasteiger partial charge on any atom is 0.318 e. The lowest BCUT2D eigenvalue weighted by Crippen LogP contribution is -2.59. The number of rotatable bonds is 4. The van der Waals surface area contributed by atoms with Crippen LogP contribution in [0.2, 0.25) is 0 Å². The zero-order valence-corrected chi connectivity index (χ0v) is 11.8. The molecule has 1 unspecified atom stereocenters. The van der Waals surface area contributed by atoms with Crippen molar-refractivity contribution in [1.82, 2.24) is 10.2 Å². The van der Waals surface area contributed by atoms with Gasteiger partial charge in [-0.15, -0.1) is 0 Å². The molecule has 1 saturated carbocycles.